The van der Waals surface area contributed by atoms with Gasteiger partial charge in [-0.3, -0.25) is 4.79 Å². The minimum Gasteiger partial charge on any atom is -0.481 e. The first-order chi connectivity index (χ1) is 10.7. The molecule has 0 aromatic rings. The van der Waals surface area contributed by atoms with Gasteiger partial charge >= 0.3 is 5.97 Å². The number of aliphatic carboxylic acids is 1. The minimum atomic E-state index is -0.721. The van der Waals surface area contributed by atoms with Gasteiger partial charge in [0.25, 0.3) is 0 Å². The Labute approximate surface area is 134 Å². The standard InChI is InChI=1S/C18H32O4/c1-2-3-4-5-6-8-11-14-17(22-21)15-12-9-7-10-13-16-18(19)20/h6,8,14,21H,2-5,7,9-13,15-16H2,1H3,(H,19,20)/b8-6+,17-14+. The molecule has 0 radical (unpaired) electrons. The molecule has 0 amide bonds. The fraction of sp³-hybridized carbons (Fsp3) is 0.722. The summed E-state index contributed by atoms with van der Waals surface area (Å²) in [5, 5.41) is 17.4. The summed E-state index contributed by atoms with van der Waals surface area (Å²) in [6.07, 6.45) is 17.6. The smallest absolute Gasteiger partial charge is 0.303 e. The summed E-state index contributed by atoms with van der Waals surface area (Å²) >= 11 is 0. The Morgan fingerprint density at radius 1 is 0.955 bits per heavy atom. The molecular weight excluding hydrogens is 280 g/mol. The van der Waals surface area contributed by atoms with Crippen molar-refractivity contribution >= 4 is 5.97 Å². The number of carboxylic acids is 1. The van der Waals surface area contributed by atoms with Crippen molar-refractivity contribution in [3.05, 3.63) is 24.0 Å². The highest BCUT2D eigenvalue weighted by atomic mass is 17.1. The molecule has 22 heavy (non-hydrogen) atoms. The van der Waals surface area contributed by atoms with Crippen LogP contribution in [0.1, 0.15) is 84.0 Å². The largest absolute Gasteiger partial charge is 0.481 e. The van der Waals surface area contributed by atoms with E-state index in [1.807, 2.05) is 6.08 Å². The van der Waals surface area contributed by atoms with Gasteiger partial charge < -0.3 is 9.99 Å². The molecule has 0 heterocycles. The Bertz CT molecular complexity index is 321. The number of unbranched alkanes of at least 4 members (excludes halogenated alkanes) is 7. The third-order valence-electron chi connectivity index (χ3n) is 3.55. The van der Waals surface area contributed by atoms with Crippen molar-refractivity contribution in [1.82, 2.24) is 0 Å². The highest BCUT2D eigenvalue weighted by Crippen LogP contribution is 2.13. The van der Waals surface area contributed by atoms with Crippen LogP contribution in [0.25, 0.3) is 0 Å². The van der Waals surface area contributed by atoms with Crippen molar-refractivity contribution in [3.63, 3.8) is 0 Å². The number of carboxylic acid groups (broad SMARTS) is 1. The van der Waals surface area contributed by atoms with Crippen LogP contribution < -0.4 is 0 Å². The summed E-state index contributed by atoms with van der Waals surface area (Å²) in [7, 11) is 0. The molecule has 0 aliphatic carbocycles. The van der Waals surface area contributed by atoms with Crippen molar-refractivity contribution in [2.75, 3.05) is 0 Å². The first-order valence-corrected chi connectivity index (χ1v) is 8.58. The molecule has 0 rings (SSSR count). The van der Waals surface area contributed by atoms with Crippen molar-refractivity contribution in [2.24, 2.45) is 0 Å². The van der Waals surface area contributed by atoms with Gasteiger partial charge in [-0.05, 0) is 38.2 Å². The third kappa shape index (κ3) is 15.1. The zero-order valence-electron chi connectivity index (χ0n) is 13.9. The zero-order valence-corrected chi connectivity index (χ0v) is 13.9. The van der Waals surface area contributed by atoms with Crippen molar-refractivity contribution in [1.29, 1.82) is 0 Å². The third-order valence-corrected chi connectivity index (χ3v) is 3.55. The average Bonchev–Trinajstić information content (AvgIpc) is 2.50. The van der Waals surface area contributed by atoms with Gasteiger partial charge in [0.2, 0.25) is 0 Å². The van der Waals surface area contributed by atoms with E-state index in [9.17, 15) is 4.79 Å². The molecule has 0 atom stereocenters. The predicted octanol–water partition coefficient (Wildman–Crippen LogP) is 5.70. The Morgan fingerprint density at radius 3 is 2.27 bits per heavy atom. The molecule has 0 unspecified atom stereocenters. The average molecular weight is 312 g/mol. The monoisotopic (exact) mass is 312 g/mol. The van der Waals surface area contributed by atoms with Crippen molar-refractivity contribution in [2.45, 2.75) is 84.0 Å². The van der Waals surface area contributed by atoms with Crippen LogP contribution >= 0.6 is 0 Å². The minimum absolute atomic E-state index is 0.259. The van der Waals surface area contributed by atoms with E-state index in [1.165, 1.54) is 19.3 Å². The molecule has 0 saturated carbocycles. The van der Waals surface area contributed by atoms with E-state index in [1.54, 1.807) is 0 Å². The fourth-order valence-corrected chi connectivity index (χ4v) is 2.22. The summed E-state index contributed by atoms with van der Waals surface area (Å²) in [4.78, 5) is 14.8. The molecule has 4 nitrogen and oxygen atoms in total. The topological polar surface area (TPSA) is 66.8 Å². The molecule has 0 spiro atoms. The molecule has 0 aromatic carbocycles. The quantitative estimate of drug-likeness (QED) is 0.134. The normalized spacial score (nSPS) is 12.0. The predicted molar refractivity (Wildman–Crippen MR) is 89.7 cm³/mol. The summed E-state index contributed by atoms with van der Waals surface area (Å²) in [6, 6.07) is 0. The van der Waals surface area contributed by atoms with Crippen LogP contribution in [-0.2, 0) is 9.68 Å². The van der Waals surface area contributed by atoms with E-state index >= 15 is 0 Å². The molecule has 0 fully saturated rings. The number of hydrogen-bond donors (Lipinski definition) is 2. The first-order valence-electron chi connectivity index (χ1n) is 8.58. The second kappa shape index (κ2) is 16.1. The highest BCUT2D eigenvalue weighted by Gasteiger charge is 1.99. The van der Waals surface area contributed by atoms with E-state index in [0.717, 1.165) is 51.4 Å². The van der Waals surface area contributed by atoms with Gasteiger partial charge in [-0.1, -0.05) is 51.2 Å². The van der Waals surface area contributed by atoms with Gasteiger partial charge in [-0.15, -0.1) is 0 Å². The van der Waals surface area contributed by atoms with Crippen LogP contribution in [0.4, 0.5) is 0 Å². The second-order valence-corrected chi connectivity index (χ2v) is 5.63. The van der Waals surface area contributed by atoms with E-state index in [0.29, 0.717) is 5.76 Å². The SMILES string of the molecule is CCCCC/C=C/C/C=C(\CCCCCCCC(=O)O)OO. The molecule has 128 valence electrons. The van der Waals surface area contributed by atoms with Gasteiger partial charge in [0.1, 0.15) is 5.76 Å². The lowest BCUT2D eigenvalue weighted by Gasteiger charge is -2.03. The Kier molecular flexibility index (Phi) is 15.1. The van der Waals surface area contributed by atoms with E-state index < -0.39 is 5.97 Å². The van der Waals surface area contributed by atoms with E-state index in [2.05, 4.69) is 24.0 Å². The van der Waals surface area contributed by atoms with Gasteiger partial charge in [0.15, 0.2) is 0 Å². The van der Waals surface area contributed by atoms with Crippen LogP contribution in [-0.4, -0.2) is 16.3 Å². The molecule has 2 N–H and O–H groups in total. The molecule has 0 bridgehead atoms. The second-order valence-electron chi connectivity index (χ2n) is 5.63. The summed E-state index contributed by atoms with van der Waals surface area (Å²) < 4.78 is 0. The van der Waals surface area contributed by atoms with Crippen LogP contribution in [0.15, 0.2) is 24.0 Å². The fourth-order valence-electron chi connectivity index (χ4n) is 2.22. The number of hydrogen-bond acceptors (Lipinski definition) is 3. The Balaban J connectivity index is 3.60. The van der Waals surface area contributed by atoms with Gasteiger partial charge in [-0.25, -0.2) is 5.26 Å². The lowest BCUT2D eigenvalue weighted by molar-refractivity contribution is -0.206. The number of carbonyl (C=O) groups is 1. The van der Waals surface area contributed by atoms with Crippen molar-refractivity contribution in [3.8, 4) is 0 Å². The maximum absolute atomic E-state index is 10.4. The van der Waals surface area contributed by atoms with Crippen LogP contribution in [0.5, 0.6) is 0 Å². The summed E-state index contributed by atoms with van der Waals surface area (Å²) in [6.45, 7) is 2.20. The molecule has 4 heteroatoms. The Morgan fingerprint density at radius 2 is 1.64 bits per heavy atom. The first kappa shape index (κ1) is 20.7. The lowest BCUT2D eigenvalue weighted by atomic mass is 10.1. The van der Waals surface area contributed by atoms with Gasteiger partial charge in [-0.2, -0.15) is 0 Å². The van der Waals surface area contributed by atoms with E-state index in [4.69, 9.17) is 10.4 Å². The summed E-state index contributed by atoms with van der Waals surface area (Å²) in [5.74, 6) is -0.0922. The van der Waals surface area contributed by atoms with E-state index in [-0.39, 0.29) is 6.42 Å². The lowest BCUT2D eigenvalue weighted by Crippen LogP contribution is -1.93. The van der Waals surface area contributed by atoms with Crippen LogP contribution in [0, 0.1) is 0 Å². The maximum atomic E-state index is 10.4. The Hall–Kier alpha value is -1.29. The maximum Gasteiger partial charge on any atom is 0.303 e. The van der Waals surface area contributed by atoms with Crippen LogP contribution in [0.3, 0.4) is 0 Å². The molecule has 0 aromatic heterocycles. The molecule has 0 saturated heterocycles. The number of allylic oxidation sites excluding steroid dienone is 4. The van der Waals surface area contributed by atoms with Gasteiger partial charge in [0.05, 0.1) is 0 Å². The number of rotatable bonds is 15. The molecular formula is C18H32O4. The highest BCUT2D eigenvalue weighted by molar-refractivity contribution is 5.66. The zero-order chi connectivity index (χ0) is 16.5. The van der Waals surface area contributed by atoms with Gasteiger partial charge in [0, 0.05) is 12.8 Å². The summed E-state index contributed by atoms with van der Waals surface area (Å²) in [5.41, 5.74) is 0. The van der Waals surface area contributed by atoms with Crippen LogP contribution in [0.2, 0.25) is 0 Å². The van der Waals surface area contributed by atoms with Crippen molar-refractivity contribution < 1.29 is 20.0 Å². The molecule has 0 aliphatic rings. The molecule has 0 aliphatic heterocycles.